The molecule has 1 heterocycles. The second-order valence-electron chi connectivity index (χ2n) is 7.13. The quantitative estimate of drug-likeness (QED) is 0.167. The van der Waals surface area contributed by atoms with Crippen LogP contribution in [0.3, 0.4) is 0 Å². The van der Waals surface area contributed by atoms with Gasteiger partial charge < -0.3 is 19.8 Å². The molecular weight excluding hydrogens is 495 g/mol. The van der Waals surface area contributed by atoms with Gasteiger partial charge in [-0.25, -0.2) is 9.98 Å². The molecule has 0 aliphatic heterocycles. The molecular formula is C22H31IN4O3. The van der Waals surface area contributed by atoms with Gasteiger partial charge in [0.25, 0.3) is 0 Å². The molecule has 1 fully saturated rings. The molecule has 1 saturated carbocycles. The Labute approximate surface area is 195 Å². The summed E-state index contributed by atoms with van der Waals surface area (Å²) in [4.78, 5) is 20.9. The Morgan fingerprint density at radius 1 is 1.23 bits per heavy atom. The Kier molecular flexibility index (Phi) is 10.7. The monoisotopic (exact) mass is 526 g/mol. The summed E-state index contributed by atoms with van der Waals surface area (Å²) >= 11 is 0. The molecule has 1 aliphatic carbocycles. The van der Waals surface area contributed by atoms with Crippen LogP contribution in [0.15, 0.2) is 46.0 Å². The standard InChI is InChI=1S/C22H30N4O3.HI/c1-2-23-22(24-14-8-13-20(27)29-19-11-6-7-12-19)25-15-18-16-28-21(26-18)17-9-4-3-5-10-17;/h3-5,9-10,16,19H,2,6-8,11-15H2,1H3,(H2,23,24,25);1H. The van der Waals surface area contributed by atoms with Crippen molar-refractivity contribution in [2.45, 2.75) is 58.1 Å². The molecule has 2 aromatic rings. The zero-order chi connectivity index (χ0) is 20.3. The van der Waals surface area contributed by atoms with Crippen LogP contribution in [0.2, 0.25) is 0 Å². The van der Waals surface area contributed by atoms with E-state index in [0.717, 1.165) is 30.6 Å². The molecule has 2 N–H and O–H groups in total. The first-order valence-corrected chi connectivity index (χ1v) is 10.5. The molecule has 0 atom stereocenters. The Morgan fingerprint density at radius 3 is 2.73 bits per heavy atom. The average molecular weight is 526 g/mol. The molecule has 0 spiro atoms. The molecule has 1 aromatic carbocycles. The second kappa shape index (κ2) is 13.3. The van der Waals surface area contributed by atoms with Crippen LogP contribution in [0.1, 0.15) is 51.1 Å². The number of hydrogen-bond acceptors (Lipinski definition) is 5. The van der Waals surface area contributed by atoms with Gasteiger partial charge in [-0.2, -0.15) is 0 Å². The van der Waals surface area contributed by atoms with Crippen molar-refractivity contribution >= 4 is 35.9 Å². The molecule has 0 saturated heterocycles. The lowest BCUT2D eigenvalue weighted by Gasteiger charge is -2.12. The molecule has 0 amide bonds. The van der Waals surface area contributed by atoms with E-state index in [4.69, 9.17) is 9.15 Å². The van der Waals surface area contributed by atoms with Crippen LogP contribution in [-0.2, 0) is 16.1 Å². The zero-order valence-electron chi connectivity index (χ0n) is 17.4. The predicted octanol–water partition coefficient (Wildman–Crippen LogP) is 4.28. The fourth-order valence-electron chi connectivity index (χ4n) is 3.29. The minimum absolute atomic E-state index is 0. The van der Waals surface area contributed by atoms with Crippen molar-refractivity contribution in [3.05, 3.63) is 42.3 Å². The number of ether oxygens (including phenoxy) is 1. The van der Waals surface area contributed by atoms with Gasteiger partial charge in [0.1, 0.15) is 18.1 Å². The summed E-state index contributed by atoms with van der Waals surface area (Å²) in [7, 11) is 0. The fourth-order valence-corrected chi connectivity index (χ4v) is 3.29. The van der Waals surface area contributed by atoms with E-state index in [1.807, 2.05) is 37.3 Å². The molecule has 164 valence electrons. The highest BCUT2D eigenvalue weighted by Crippen LogP contribution is 2.21. The number of benzene rings is 1. The number of guanidine groups is 1. The van der Waals surface area contributed by atoms with Crippen LogP contribution in [-0.4, -0.2) is 36.1 Å². The van der Waals surface area contributed by atoms with Crippen molar-refractivity contribution in [1.82, 2.24) is 15.6 Å². The van der Waals surface area contributed by atoms with Gasteiger partial charge in [-0.3, -0.25) is 4.79 Å². The number of carbonyl (C=O) groups is 1. The van der Waals surface area contributed by atoms with Crippen molar-refractivity contribution in [1.29, 1.82) is 0 Å². The summed E-state index contributed by atoms with van der Waals surface area (Å²) in [5.74, 6) is 1.19. The van der Waals surface area contributed by atoms with Crippen LogP contribution in [0.5, 0.6) is 0 Å². The minimum atomic E-state index is -0.100. The van der Waals surface area contributed by atoms with E-state index in [0.29, 0.717) is 37.8 Å². The highest BCUT2D eigenvalue weighted by atomic mass is 127. The van der Waals surface area contributed by atoms with E-state index in [1.54, 1.807) is 6.26 Å². The van der Waals surface area contributed by atoms with Crippen LogP contribution >= 0.6 is 24.0 Å². The Morgan fingerprint density at radius 2 is 2.00 bits per heavy atom. The molecule has 1 aliphatic rings. The van der Waals surface area contributed by atoms with Crippen LogP contribution in [0.4, 0.5) is 0 Å². The molecule has 1 aromatic heterocycles. The summed E-state index contributed by atoms with van der Waals surface area (Å²) in [6.45, 7) is 3.83. The van der Waals surface area contributed by atoms with Gasteiger partial charge >= 0.3 is 5.97 Å². The largest absolute Gasteiger partial charge is 0.462 e. The lowest BCUT2D eigenvalue weighted by molar-refractivity contribution is -0.148. The molecule has 7 nitrogen and oxygen atoms in total. The topological polar surface area (TPSA) is 88.8 Å². The second-order valence-corrected chi connectivity index (χ2v) is 7.13. The van der Waals surface area contributed by atoms with Crippen molar-refractivity contribution < 1.29 is 13.9 Å². The Hall–Kier alpha value is -2.10. The van der Waals surface area contributed by atoms with E-state index in [-0.39, 0.29) is 36.0 Å². The molecule has 8 heteroatoms. The van der Waals surface area contributed by atoms with Crippen molar-refractivity contribution in [3.8, 4) is 11.5 Å². The molecule has 30 heavy (non-hydrogen) atoms. The molecule has 3 rings (SSSR count). The minimum Gasteiger partial charge on any atom is -0.462 e. The third-order valence-corrected chi connectivity index (χ3v) is 4.77. The third-order valence-electron chi connectivity index (χ3n) is 4.77. The lowest BCUT2D eigenvalue weighted by atomic mass is 10.2. The normalized spacial score (nSPS) is 14.2. The maximum atomic E-state index is 11.9. The SMILES string of the molecule is CCNC(=NCc1coc(-c2ccccc2)n1)NCCCC(=O)OC1CCCC1.I. The summed E-state index contributed by atoms with van der Waals surface area (Å²) in [6.07, 6.45) is 7.25. The van der Waals surface area contributed by atoms with Gasteiger partial charge in [0.2, 0.25) is 5.89 Å². The van der Waals surface area contributed by atoms with Crippen molar-refractivity contribution in [3.63, 3.8) is 0 Å². The Balaban J connectivity index is 0.00000320. The van der Waals surface area contributed by atoms with Crippen LogP contribution < -0.4 is 10.6 Å². The highest BCUT2D eigenvalue weighted by molar-refractivity contribution is 14.0. The third kappa shape index (κ3) is 7.97. The van der Waals surface area contributed by atoms with Crippen LogP contribution in [0, 0.1) is 0 Å². The number of aliphatic imine (C=N–C) groups is 1. The van der Waals surface area contributed by atoms with E-state index >= 15 is 0 Å². The smallest absolute Gasteiger partial charge is 0.306 e. The number of aromatic nitrogens is 1. The predicted molar refractivity (Wildman–Crippen MR) is 128 cm³/mol. The highest BCUT2D eigenvalue weighted by Gasteiger charge is 2.18. The Bertz CT molecular complexity index is 789. The zero-order valence-corrected chi connectivity index (χ0v) is 19.8. The first kappa shape index (κ1) is 24.2. The fraction of sp³-hybridized carbons (Fsp3) is 0.500. The van der Waals surface area contributed by atoms with Gasteiger partial charge in [-0.15, -0.1) is 24.0 Å². The van der Waals surface area contributed by atoms with Gasteiger partial charge in [0.05, 0.1) is 6.54 Å². The maximum absolute atomic E-state index is 11.9. The number of hydrogen-bond donors (Lipinski definition) is 2. The number of esters is 1. The number of oxazole rings is 1. The van der Waals surface area contributed by atoms with E-state index in [2.05, 4.69) is 20.6 Å². The molecule has 0 bridgehead atoms. The van der Waals surface area contributed by atoms with Gasteiger partial charge in [0, 0.05) is 25.1 Å². The summed E-state index contributed by atoms with van der Waals surface area (Å²) in [5.41, 5.74) is 1.71. The summed E-state index contributed by atoms with van der Waals surface area (Å²) in [5, 5.41) is 6.45. The van der Waals surface area contributed by atoms with Crippen molar-refractivity contribution in [2.75, 3.05) is 13.1 Å². The number of nitrogens with zero attached hydrogens (tertiary/aromatic N) is 2. The number of carbonyl (C=O) groups excluding carboxylic acids is 1. The van der Waals surface area contributed by atoms with Gasteiger partial charge in [-0.05, 0) is 51.2 Å². The van der Waals surface area contributed by atoms with Crippen LogP contribution in [0.25, 0.3) is 11.5 Å². The van der Waals surface area contributed by atoms with E-state index in [9.17, 15) is 4.79 Å². The van der Waals surface area contributed by atoms with Crippen molar-refractivity contribution in [2.24, 2.45) is 4.99 Å². The average Bonchev–Trinajstić information content (AvgIpc) is 3.42. The summed E-state index contributed by atoms with van der Waals surface area (Å²) in [6, 6.07) is 9.78. The molecule has 0 unspecified atom stereocenters. The van der Waals surface area contributed by atoms with E-state index < -0.39 is 0 Å². The van der Waals surface area contributed by atoms with E-state index in [1.165, 1.54) is 12.8 Å². The lowest BCUT2D eigenvalue weighted by Crippen LogP contribution is -2.38. The maximum Gasteiger partial charge on any atom is 0.306 e. The first-order valence-electron chi connectivity index (χ1n) is 10.5. The summed E-state index contributed by atoms with van der Waals surface area (Å²) < 4.78 is 11.0. The van der Waals surface area contributed by atoms with Gasteiger partial charge in [0.15, 0.2) is 5.96 Å². The van der Waals surface area contributed by atoms with Gasteiger partial charge in [-0.1, -0.05) is 18.2 Å². The number of rotatable bonds is 9. The number of halogens is 1. The first-order chi connectivity index (χ1) is 14.2. The molecule has 0 radical (unpaired) electrons. The number of nitrogens with one attached hydrogen (secondary N) is 2.